The van der Waals surface area contributed by atoms with Gasteiger partial charge in [0, 0.05) is 7.11 Å². The number of carboxylic acids is 1. The van der Waals surface area contributed by atoms with Gasteiger partial charge in [-0.3, -0.25) is 0 Å². The second-order valence-corrected chi connectivity index (χ2v) is 4.24. The quantitative estimate of drug-likeness (QED) is 0.674. The molecule has 1 saturated carbocycles. The Bertz CT molecular complexity index is 416. The lowest BCUT2D eigenvalue weighted by Crippen LogP contribution is -2.49. The van der Waals surface area contributed by atoms with Crippen molar-refractivity contribution >= 4 is 5.97 Å². The van der Waals surface area contributed by atoms with Gasteiger partial charge >= 0.3 is 5.97 Å². The van der Waals surface area contributed by atoms with Crippen molar-refractivity contribution in [3.8, 4) is 0 Å². The first-order valence-corrected chi connectivity index (χ1v) is 5.78. The summed E-state index contributed by atoms with van der Waals surface area (Å²) in [5.41, 5.74) is -0.983. The summed E-state index contributed by atoms with van der Waals surface area (Å²) in [6, 6.07) is 0. The van der Waals surface area contributed by atoms with Crippen LogP contribution in [-0.2, 0) is 26.4 Å². The number of ether oxygens (including phenoxy) is 2. The molecule has 1 fully saturated rings. The van der Waals surface area contributed by atoms with Crippen LogP contribution in [0.15, 0.2) is 0 Å². The average molecular weight is 256 g/mol. The maximum absolute atomic E-state index is 11.4. The third-order valence-electron chi connectivity index (χ3n) is 3.18. The van der Waals surface area contributed by atoms with Gasteiger partial charge in [-0.2, -0.15) is 0 Å². The Balaban J connectivity index is 2.05. The Hall–Kier alpha value is -1.54. The minimum Gasteiger partial charge on any atom is -0.479 e. The summed E-state index contributed by atoms with van der Waals surface area (Å²) in [4.78, 5) is 11.4. The predicted octanol–water partition coefficient (Wildman–Crippen LogP) is -0.200. The van der Waals surface area contributed by atoms with Crippen LogP contribution in [0.4, 0.5) is 0 Å². The first kappa shape index (κ1) is 12.9. The molecule has 0 atom stereocenters. The van der Waals surface area contributed by atoms with Gasteiger partial charge in [-0.1, -0.05) is 0 Å². The van der Waals surface area contributed by atoms with Crippen LogP contribution < -0.4 is 0 Å². The van der Waals surface area contributed by atoms with Crippen molar-refractivity contribution in [3.63, 3.8) is 0 Å². The standard InChI is InChI=1S/C10H16N4O4/c1-17-5-6-18-7-8-11-12-13-14(8)10(9(15)16)3-2-4-10/h2-7H2,1H3,(H,15,16). The monoisotopic (exact) mass is 256 g/mol. The number of hydrogen-bond acceptors (Lipinski definition) is 6. The largest absolute Gasteiger partial charge is 0.479 e. The van der Waals surface area contributed by atoms with Gasteiger partial charge in [0.2, 0.25) is 0 Å². The molecule has 1 aromatic rings. The summed E-state index contributed by atoms with van der Waals surface area (Å²) in [7, 11) is 1.58. The molecule has 0 spiro atoms. The molecule has 0 radical (unpaired) electrons. The van der Waals surface area contributed by atoms with E-state index in [0.29, 0.717) is 31.9 Å². The molecule has 0 aromatic carbocycles. The zero-order valence-corrected chi connectivity index (χ0v) is 10.2. The number of aliphatic carboxylic acids is 1. The number of hydrogen-bond donors (Lipinski definition) is 1. The SMILES string of the molecule is COCCOCc1nnnn1C1(C(=O)O)CCC1. The predicted molar refractivity (Wildman–Crippen MR) is 58.8 cm³/mol. The first-order chi connectivity index (χ1) is 8.70. The number of carboxylic acid groups (broad SMARTS) is 1. The molecule has 0 amide bonds. The lowest BCUT2D eigenvalue weighted by Gasteiger charge is -2.37. The van der Waals surface area contributed by atoms with Crippen LogP contribution in [0, 0.1) is 0 Å². The number of tetrazole rings is 1. The molecule has 8 heteroatoms. The van der Waals surface area contributed by atoms with Crippen molar-refractivity contribution in [1.82, 2.24) is 20.2 Å². The number of nitrogens with zero attached hydrogens (tertiary/aromatic N) is 4. The van der Waals surface area contributed by atoms with Gasteiger partial charge in [0.25, 0.3) is 0 Å². The Morgan fingerprint density at radius 2 is 2.28 bits per heavy atom. The normalized spacial score (nSPS) is 17.4. The maximum atomic E-state index is 11.4. The van der Waals surface area contributed by atoms with E-state index in [4.69, 9.17) is 9.47 Å². The molecule has 1 N–H and O–H groups in total. The Morgan fingerprint density at radius 1 is 1.50 bits per heavy atom. The fourth-order valence-corrected chi connectivity index (χ4v) is 1.96. The molecule has 1 aliphatic carbocycles. The topological polar surface area (TPSA) is 99.4 Å². The van der Waals surface area contributed by atoms with E-state index in [0.717, 1.165) is 6.42 Å². The molecule has 8 nitrogen and oxygen atoms in total. The summed E-state index contributed by atoms with van der Waals surface area (Å²) in [5.74, 6) is -0.451. The van der Waals surface area contributed by atoms with E-state index in [1.807, 2.05) is 0 Å². The van der Waals surface area contributed by atoms with Crippen molar-refractivity contribution in [1.29, 1.82) is 0 Å². The van der Waals surface area contributed by atoms with E-state index < -0.39 is 11.5 Å². The highest BCUT2D eigenvalue weighted by atomic mass is 16.5. The van der Waals surface area contributed by atoms with Crippen LogP contribution in [0.3, 0.4) is 0 Å². The number of carbonyl (C=O) groups is 1. The number of rotatable bonds is 7. The Labute approximate surface area is 104 Å². The number of methoxy groups -OCH3 is 1. The molecule has 100 valence electrons. The highest BCUT2D eigenvalue weighted by Gasteiger charge is 2.48. The third kappa shape index (κ3) is 2.21. The van der Waals surface area contributed by atoms with Crippen molar-refractivity contribution < 1.29 is 19.4 Å². The smallest absolute Gasteiger partial charge is 0.331 e. The van der Waals surface area contributed by atoms with Crippen molar-refractivity contribution in [2.45, 2.75) is 31.4 Å². The van der Waals surface area contributed by atoms with Crippen molar-refractivity contribution in [2.75, 3.05) is 20.3 Å². The molecular weight excluding hydrogens is 240 g/mol. The van der Waals surface area contributed by atoms with Crippen LogP contribution in [0.5, 0.6) is 0 Å². The molecule has 0 unspecified atom stereocenters. The molecule has 18 heavy (non-hydrogen) atoms. The van der Waals surface area contributed by atoms with E-state index in [9.17, 15) is 9.90 Å². The van der Waals surface area contributed by atoms with E-state index in [2.05, 4.69) is 15.5 Å². The fourth-order valence-electron chi connectivity index (χ4n) is 1.96. The molecule has 0 aliphatic heterocycles. The molecule has 2 rings (SSSR count). The van der Waals surface area contributed by atoms with Gasteiger partial charge in [0.05, 0.1) is 13.2 Å². The summed E-state index contributed by atoms with van der Waals surface area (Å²) >= 11 is 0. The summed E-state index contributed by atoms with van der Waals surface area (Å²) < 4.78 is 11.6. The molecule has 0 saturated heterocycles. The van der Waals surface area contributed by atoms with E-state index in [1.165, 1.54) is 4.68 Å². The van der Waals surface area contributed by atoms with Crippen LogP contribution >= 0.6 is 0 Å². The van der Waals surface area contributed by atoms with E-state index in [-0.39, 0.29) is 6.61 Å². The minimum atomic E-state index is -0.983. The first-order valence-electron chi connectivity index (χ1n) is 5.78. The minimum absolute atomic E-state index is 0.186. The molecule has 1 heterocycles. The van der Waals surface area contributed by atoms with Gasteiger partial charge < -0.3 is 14.6 Å². The zero-order valence-electron chi connectivity index (χ0n) is 10.2. The van der Waals surface area contributed by atoms with E-state index in [1.54, 1.807) is 7.11 Å². The Kier molecular flexibility index (Phi) is 3.87. The third-order valence-corrected chi connectivity index (χ3v) is 3.18. The molecular formula is C10H16N4O4. The van der Waals surface area contributed by atoms with Crippen LogP contribution in [0.2, 0.25) is 0 Å². The lowest BCUT2D eigenvalue weighted by atomic mass is 9.77. The lowest BCUT2D eigenvalue weighted by molar-refractivity contribution is -0.153. The van der Waals surface area contributed by atoms with Crippen LogP contribution in [0.25, 0.3) is 0 Å². The number of aromatic nitrogens is 4. The summed E-state index contributed by atoms with van der Waals surface area (Å²) in [6.07, 6.45) is 1.98. The highest BCUT2D eigenvalue weighted by molar-refractivity contribution is 5.77. The summed E-state index contributed by atoms with van der Waals surface area (Å²) in [5, 5.41) is 20.5. The zero-order chi connectivity index (χ0) is 13.0. The average Bonchev–Trinajstić information content (AvgIpc) is 2.71. The van der Waals surface area contributed by atoms with Gasteiger partial charge in [0.1, 0.15) is 6.61 Å². The second-order valence-electron chi connectivity index (χ2n) is 4.24. The van der Waals surface area contributed by atoms with E-state index >= 15 is 0 Å². The van der Waals surface area contributed by atoms with Crippen LogP contribution in [0.1, 0.15) is 25.1 Å². The molecule has 1 aromatic heterocycles. The van der Waals surface area contributed by atoms with Crippen molar-refractivity contribution in [3.05, 3.63) is 5.82 Å². The second kappa shape index (κ2) is 5.40. The van der Waals surface area contributed by atoms with Gasteiger partial charge in [-0.25, -0.2) is 9.48 Å². The fraction of sp³-hybridized carbons (Fsp3) is 0.800. The van der Waals surface area contributed by atoms with Gasteiger partial charge in [-0.05, 0) is 29.7 Å². The summed E-state index contributed by atoms with van der Waals surface area (Å²) in [6.45, 7) is 1.08. The highest BCUT2D eigenvalue weighted by Crippen LogP contribution is 2.39. The van der Waals surface area contributed by atoms with Gasteiger partial charge in [-0.15, -0.1) is 5.10 Å². The molecule has 0 bridgehead atoms. The Morgan fingerprint density at radius 3 is 2.83 bits per heavy atom. The van der Waals surface area contributed by atoms with Crippen molar-refractivity contribution in [2.24, 2.45) is 0 Å². The van der Waals surface area contributed by atoms with Gasteiger partial charge in [0.15, 0.2) is 11.4 Å². The maximum Gasteiger partial charge on any atom is 0.331 e. The molecule has 1 aliphatic rings. The van der Waals surface area contributed by atoms with Crippen LogP contribution in [-0.4, -0.2) is 51.6 Å².